The zero-order chi connectivity index (χ0) is 21.3. The second-order valence-electron chi connectivity index (χ2n) is 8.17. The number of nitrogens with zero attached hydrogens (tertiary/aromatic N) is 4. The molecule has 0 amide bonds. The summed E-state index contributed by atoms with van der Waals surface area (Å²) in [5.41, 5.74) is 6.02. The average Bonchev–Trinajstić information content (AvgIpc) is 3.11. The van der Waals surface area contributed by atoms with Crippen LogP contribution in [0.3, 0.4) is 0 Å². The number of carbonyl (C=O) groups excluding carboxylic acids is 1. The lowest BCUT2D eigenvalue weighted by Crippen LogP contribution is -2.50. The number of quaternary nitrogens is 1. The van der Waals surface area contributed by atoms with Crippen LogP contribution in [0, 0.1) is 6.92 Å². The molecule has 5 heteroatoms. The number of ketones is 1. The number of hydrogen-bond donors (Lipinski definition) is 0. The van der Waals surface area contributed by atoms with E-state index in [1.54, 1.807) is 6.92 Å². The van der Waals surface area contributed by atoms with Crippen molar-refractivity contribution in [2.75, 3.05) is 27.2 Å². The molecular weight excluding hydrogens is 372 g/mol. The SMILES string of the molecule is CC(=O)c1cccc(C2=CN=C3C=NC(c4ccc(C)cc4)=C[N+]23CCN(C)C)c1. The van der Waals surface area contributed by atoms with Crippen LogP contribution in [0.1, 0.15) is 34.0 Å². The van der Waals surface area contributed by atoms with Crippen LogP contribution >= 0.6 is 0 Å². The van der Waals surface area contributed by atoms with Gasteiger partial charge in [0.25, 0.3) is 5.84 Å². The van der Waals surface area contributed by atoms with Gasteiger partial charge in [-0.3, -0.25) is 4.79 Å². The van der Waals surface area contributed by atoms with Crippen LogP contribution in [0.4, 0.5) is 0 Å². The fourth-order valence-corrected chi connectivity index (χ4v) is 3.83. The number of rotatable bonds is 6. The lowest BCUT2D eigenvalue weighted by Gasteiger charge is -2.35. The van der Waals surface area contributed by atoms with E-state index in [0.29, 0.717) is 10.0 Å². The zero-order valence-corrected chi connectivity index (χ0v) is 18.0. The summed E-state index contributed by atoms with van der Waals surface area (Å²) in [4.78, 5) is 23.6. The van der Waals surface area contributed by atoms with E-state index in [4.69, 9.17) is 9.98 Å². The lowest BCUT2D eigenvalue weighted by molar-refractivity contribution is -0.704. The van der Waals surface area contributed by atoms with E-state index in [1.165, 1.54) is 5.56 Å². The summed E-state index contributed by atoms with van der Waals surface area (Å²) >= 11 is 0. The van der Waals surface area contributed by atoms with Gasteiger partial charge in [-0.2, -0.15) is 4.99 Å². The van der Waals surface area contributed by atoms with Crippen LogP contribution in [0.15, 0.2) is 70.9 Å². The maximum Gasteiger partial charge on any atom is 0.256 e. The van der Waals surface area contributed by atoms with Crippen LogP contribution in [-0.2, 0) is 0 Å². The van der Waals surface area contributed by atoms with E-state index in [-0.39, 0.29) is 5.78 Å². The van der Waals surface area contributed by atoms with E-state index >= 15 is 0 Å². The maximum atomic E-state index is 12.0. The van der Waals surface area contributed by atoms with Gasteiger partial charge < -0.3 is 4.90 Å². The minimum atomic E-state index is 0.0625. The number of amidine groups is 1. The first-order valence-corrected chi connectivity index (χ1v) is 10.2. The molecule has 0 aliphatic carbocycles. The minimum absolute atomic E-state index is 0.0625. The third-order valence-electron chi connectivity index (χ3n) is 5.63. The quantitative estimate of drug-likeness (QED) is 0.535. The first-order chi connectivity index (χ1) is 14.4. The number of benzene rings is 2. The molecular formula is C25H27N4O+. The van der Waals surface area contributed by atoms with Gasteiger partial charge >= 0.3 is 0 Å². The van der Waals surface area contributed by atoms with Gasteiger partial charge in [-0.05, 0) is 40.1 Å². The van der Waals surface area contributed by atoms with E-state index in [9.17, 15) is 4.79 Å². The number of fused-ring (bicyclic) bond motifs is 1. The van der Waals surface area contributed by atoms with Crippen molar-refractivity contribution in [3.63, 3.8) is 0 Å². The minimum Gasteiger partial charge on any atom is -0.304 e. The first-order valence-electron chi connectivity index (χ1n) is 10.2. The zero-order valence-electron chi connectivity index (χ0n) is 18.0. The number of carbonyl (C=O) groups is 1. The summed E-state index contributed by atoms with van der Waals surface area (Å²) in [5, 5.41) is 0. The van der Waals surface area contributed by atoms with E-state index < -0.39 is 0 Å². The third-order valence-corrected chi connectivity index (χ3v) is 5.63. The van der Waals surface area contributed by atoms with Gasteiger partial charge in [-0.1, -0.05) is 42.0 Å². The molecule has 0 aromatic heterocycles. The lowest BCUT2D eigenvalue weighted by atomic mass is 10.0. The van der Waals surface area contributed by atoms with Gasteiger partial charge in [0.15, 0.2) is 11.5 Å². The predicted molar refractivity (Wildman–Crippen MR) is 123 cm³/mol. The van der Waals surface area contributed by atoms with Gasteiger partial charge in [-0.15, -0.1) is 0 Å². The summed E-state index contributed by atoms with van der Waals surface area (Å²) < 4.78 is 0.492. The molecule has 2 aliphatic heterocycles. The molecule has 0 radical (unpaired) electrons. The fraction of sp³-hybridized carbons (Fsp3) is 0.240. The molecule has 2 aromatic rings. The van der Waals surface area contributed by atoms with Crippen molar-refractivity contribution in [3.8, 4) is 0 Å². The molecule has 152 valence electrons. The normalized spacial score (nSPS) is 20.0. The highest BCUT2D eigenvalue weighted by molar-refractivity contribution is 6.30. The second kappa shape index (κ2) is 7.94. The molecule has 0 saturated heterocycles. The van der Waals surface area contributed by atoms with Crippen LogP contribution in [0.2, 0.25) is 0 Å². The highest BCUT2D eigenvalue weighted by Crippen LogP contribution is 2.38. The van der Waals surface area contributed by atoms with Crippen molar-refractivity contribution in [2.45, 2.75) is 13.8 Å². The largest absolute Gasteiger partial charge is 0.304 e. The van der Waals surface area contributed by atoms with Crippen molar-refractivity contribution in [1.29, 1.82) is 0 Å². The van der Waals surface area contributed by atoms with E-state index in [0.717, 1.165) is 41.4 Å². The Hall–Kier alpha value is -3.15. The third kappa shape index (κ3) is 3.70. The molecule has 5 nitrogen and oxygen atoms in total. The van der Waals surface area contributed by atoms with E-state index in [2.05, 4.69) is 62.5 Å². The van der Waals surface area contributed by atoms with Gasteiger partial charge in [0.2, 0.25) is 0 Å². The first kappa shape index (κ1) is 20.1. The topological polar surface area (TPSA) is 45.0 Å². The summed E-state index contributed by atoms with van der Waals surface area (Å²) in [6, 6.07) is 16.3. The van der Waals surface area contributed by atoms with E-state index in [1.807, 2.05) is 30.6 Å². The Balaban J connectivity index is 1.82. The van der Waals surface area contributed by atoms with Crippen LogP contribution in [0.25, 0.3) is 11.4 Å². The Bertz CT molecular complexity index is 1110. The second-order valence-corrected chi connectivity index (χ2v) is 8.17. The smallest absolute Gasteiger partial charge is 0.256 e. The number of hydrogen-bond acceptors (Lipinski definition) is 4. The van der Waals surface area contributed by atoms with Gasteiger partial charge in [-0.25, -0.2) is 9.48 Å². The van der Waals surface area contributed by atoms with Crippen LogP contribution < -0.4 is 0 Å². The highest BCUT2D eigenvalue weighted by Gasteiger charge is 2.43. The molecule has 2 aromatic carbocycles. The standard InChI is InChI=1S/C25H27N4O/c1-18-8-10-20(11-9-18)23-17-29(13-12-28(3)4)24(15-27-25(29)16-26-23)22-7-5-6-21(14-22)19(2)30/h5-11,14-17H,12-13H2,1-4H3/q+1. The van der Waals surface area contributed by atoms with Crippen molar-refractivity contribution in [3.05, 3.63) is 83.2 Å². The number of aryl methyl sites for hydroxylation is 1. The molecule has 2 heterocycles. The molecule has 0 saturated carbocycles. The molecule has 0 bridgehead atoms. The maximum absolute atomic E-state index is 12.0. The van der Waals surface area contributed by atoms with Crippen LogP contribution in [0.5, 0.6) is 0 Å². The summed E-state index contributed by atoms with van der Waals surface area (Å²) in [5.74, 6) is 0.962. The predicted octanol–water partition coefficient (Wildman–Crippen LogP) is 4.37. The average molecular weight is 400 g/mol. The number of aliphatic imine (C=N–C) groups is 2. The van der Waals surface area contributed by atoms with Crippen LogP contribution in [-0.4, -0.2) is 54.4 Å². The summed E-state index contributed by atoms with van der Waals surface area (Å²) in [6.45, 7) is 5.39. The van der Waals surface area contributed by atoms with Gasteiger partial charge in [0.05, 0.1) is 6.20 Å². The molecule has 1 atom stereocenters. The molecule has 0 spiro atoms. The molecule has 0 N–H and O–H groups in total. The Morgan fingerprint density at radius 3 is 2.53 bits per heavy atom. The molecule has 2 aliphatic rings. The van der Waals surface area contributed by atoms with Crippen molar-refractivity contribution < 1.29 is 9.28 Å². The Morgan fingerprint density at radius 2 is 1.83 bits per heavy atom. The Morgan fingerprint density at radius 1 is 1.07 bits per heavy atom. The van der Waals surface area contributed by atoms with Crippen molar-refractivity contribution >= 4 is 29.2 Å². The molecule has 0 fully saturated rings. The fourth-order valence-electron chi connectivity index (χ4n) is 3.83. The summed E-state index contributed by atoms with van der Waals surface area (Å²) in [6.07, 6.45) is 6.00. The Labute approximate surface area is 178 Å². The number of Topliss-reactive ketones (excluding diaryl/α,β-unsaturated/α-hetero) is 1. The molecule has 1 unspecified atom stereocenters. The van der Waals surface area contributed by atoms with Gasteiger partial charge in [0, 0.05) is 23.2 Å². The molecule has 30 heavy (non-hydrogen) atoms. The van der Waals surface area contributed by atoms with Crippen molar-refractivity contribution in [1.82, 2.24) is 4.90 Å². The molecule has 4 rings (SSSR count). The van der Waals surface area contributed by atoms with Crippen molar-refractivity contribution in [2.24, 2.45) is 9.98 Å². The monoisotopic (exact) mass is 399 g/mol. The Kier molecular flexibility index (Phi) is 5.33. The highest BCUT2D eigenvalue weighted by atomic mass is 16.1. The van der Waals surface area contributed by atoms with Gasteiger partial charge in [0.1, 0.15) is 24.7 Å². The number of likely N-dealkylation sites (N-methyl/N-ethyl adjacent to an activating group) is 1. The summed E-state index contributed by atoms with van der Waals surface area (Å²) in [7, 11) is 4.15.